The standard InChI is InChI=1S/C25H20F4N4O3/c1-2-36-22-10-15(5-6-21(22)34)14-3-4-16(20(26)9-14)11-23(35)32-19-8-17(24-30-13-31-33-24)7-18(12-19)25(27,28)29/h3-5,7-10,12H,2,6,11,13H2,1H3,(H,32,35). The van der Waals surface area contributed by atoms with Crippen LogP contribution >= 0.6 is 0 Å². The molecule has 2 aromatic rings. The summed E-state index contributed by atoms with van der Waals surface area (Å²) in [5.74, 6) is -1.32. The van der Waals surface area contributed by atoms with Crippen LogP contribution in [0.15, 0.2) is 69.5 Å². The summed E-state index contributed by atoms with van der Waals surface area (Å²) in [5, 5.41) is 9.72. The molecule has 0 saturated carbocycles. The summed E-state index contributed by atoms with van der Waals surface area (Å²) < 4.78 is 60.2. The van der Waals surface area contributed by atoms with Crippen molar-refractivity contribution in [3.05, 3.63) is 82.4 Å². The predicted molar refractivity (Wildman–Crippen MR) is 124 cm³/mol. The van der Waals surface area contributed by atoms with Gasteiger partial charge in [-0.25, -0.2) is 9.38 Å². The van der Waals surface area contributed by atoms with Gasteiger partial charge in [0.25, 0.3) is 0 Å². The zero-order valence-electron chi connectivity index (χ0n) is 19.0. The summed E-state index contributed by atoms with van der Waals surface area (Å²) >= 11 is 0. The molecule has 0 saturated heterocycles. The van der Waals surface area contributed by atoms with Gasteiger partial charge in [-0.2, -0.15) is 18.3 Å². The number of hydrogen-bond acceptors (Lipinski definition) is 6. The van der Waals surface area contributed by atoms with E-state index in [0.29, 0.717) is 17.7 Å². The Bertz CT molecular complexity index is 1340. The molecule has 0 atom stereocenters. The van der Waals surface area contributed by atoms with Crippen molar-refractivity contribution >= 4 is 28.8 Å². The zero-order valence-corrected chi connectivity index (χ0v) is 19.0. The van der Waals surface area contributed by atoms with Crippen LogP contribution < -0.4 is 5.32 Å². The van der Waals surface area contributed by atoms with Gasteiger partial charge in [-0.1, -0.05) is 18.2 Å². The predicted octanol–water partition coefficient (Wildman–Crippen LogP) is 5.47. The lowest BCUT2D eigenvalue weighted by Crippen LogP contribution is -2.17. The highest BCUT2D eigenvalue weighted by Gasteiger charge is 2.32. The number of halogens is 4. The van der Waals surface area contributed by atoms with Crippen LogP contribution in [-0.2, 0) is 26.9 Å². The van der Waals surface area contributed by atoms with Crippen LogP contribution in [0.5, 0.6) is 0 Å². The van der Waals surface area contributed by atoms with E-state index in [1.165, 1.54) is 24.3 Å². The van der Waals surface area contributed by atoms with E-state index >= 15 is 0 Å². The van der Waals surface area contributed by atoms with Crippen LogP contribution in [0, 0.1) is 5.82 Å². The molecule has 1 aliphatic carbocycles. The van der Waals surface area contributed by atoms with Crippen molar-refractivity contribution in [2.75, 3.05) is 18.6 Å². The molecule has 1 N–H and O–H groups in total. The van der Waals surface area contributed by atoms with Crippen molar-refractivity contribution in [3.63, 3.8) is 0 Å². The summed E-state index contributed by atoms with van der Waals surface area (Å²) in [6.45, 7) is 2.08. The molecule has 0 radical (unpaired) electrons. The molecule has 4 rings (SSSR count). The average molecular weight is 500 g/mol. The molecule has 186 valence electrons. The minimum atomic E-state index is -4.66. The van der Waals surface area contributed by atoms with E-state index in [1.54, 1.807) is 19.1 Å². The van der Waals surface area contributed by atoms with Gasteiger partial charge in [-0.15, -0.1) is 5.11 Å². The summed E-state index contributed by atoms with van der Waals surface area (Å²) in [7, 11) is 0. The second kappa shape index (κ2) is 10.2. The third-order valence-electron chi connectivity index (χ3n) is 5.36. The van der Waals surface area contributed by atoms with Gasteiger partial charge in [-0.3, -0.25) is 9.59 Å². The number of nitrogens with one attached hydrogen (secondary N) is 1. The first-order chi connectivity index (χ1) is 17.1. The summed E-state index contributed by atoms with van der Waals surface area (Å²) in [6, 6.07) is 7.20. The Morgan fingerprint density at radius 3 is 2.61 bits per heavy atom. The number of ether oxygens (including phenoxy) is 1. The SMILES string of the molecule is CCOC1=CC(c2ccc(CC(=O)Nc3cc(C4=NCN=N4)cc(C(F)(F)F)c3)c(F)c2)=CCC1=O. The number of carbonyl (C=O) groups is 2. The molecule has 0 bridgehead atoms. The van der Waals surface area contributed by atoms with Crippen molar-refractivity contribution in [2.24, 2.45) is 15.2 Å². The van der Waals surface area contributed by atoms with E-state index in [-0.39, 0.29) is 47.3 Å². The lowest BCUT2D eigenvalue weighted by Gasteiger charge is -2.14. The summed E-state index contributed by atoms with van der Waals surface area (Å²) in [5.41, 5.74) is 0.0907. The molecule has 36 heavy (non-hydrogen) atoms. The number of carbonyl (C=O) groups excluding carboxylic acids is 2. The Balaban J connectivity index is 1.51. The summed E-state index contributed by atoms with van der Waals surface area (Å²) in [6.07, 6.45) is -1.75. The number of anilines is 1. The number of alkyl halides is 3. The van der Waals surface area contributed by atoms with Gasteiger partial charge in [0.15, 0.2) is 18.3 Å². The van der Waals surface area contributed by atoms with Crippen LogP contribution in [0.2, 0.25) is 0 Å². The highest BCUT2D eigenvalue weighted by atomic mass is 19.4. The first-order valence-electron chi connectivity index (χ1n) is 10.9. The quantitative estimate of drug-likeness (QED) is 0.511. The molecule has 0 spiro atoms. The molecular weight excluding hydrogens is 480 g/mol. The van der Waals surface area contributed by atoms with Gasteiger partial charge in [-0.05, 0) is 54.0 Å². The molecule has 0 aromatic heterocycles. The fourth-order valence-corrected chi connectivity index (χ4v) is 3.68. The number of rotatable bonds is 7. The van der Waals surface area contributed by atoms with Gasteiger partial charge >= 0.3 is 6.18 Å². The molecule has 11 heteroatoms. The second-order valence-corrected chi connectivity index (χ2v) is 7.92. The third kappa shape index (κ3) is 5.73. The van der Waals surface area contributed by atoms with Crippen LogP contribution in [0.3, 0.4) is 0 Å². The largest absolute Gasteiger partial charge is 0.490 e. The highest BCUT2D eigenvalue weighted by molar-refractivity contribution is 6.02. The Kier molecular flexibility index (Phi) is 7.09. The first-order valence-corrected chi connectivity index (χ1v) is 10.9. The maximum absolute atomic E-state index is 14.8. The number of azo groups is 1. The lowest BCUT2D eigenvalue weighted by atomic mass is 9.96. The normalized spacial score (nSPS) is 15.4. The van der Waals surface area contributed by atoms with Gasteiger partial charge in [0, 0.05) is 17.7 Å². The van der Waals surface area contributed by atoms with Crippen molar-refractivity contribution < 1.29 is 31.9 Å². The van der Waals surface area contributed by atoms with E-state index < -0.39 is 29.9 Å². The van der Waals surface area contributed by atoms with E-state index in [2.05, 4.69) is 20.5 Å². The van der Waals surface area contributed by atoms with Crippen molar-refractivity contribution in [2.45, 2.75) is 25.9 Å². The van der Waals surface area contributed by atoms with Crippen LogP contribution in [0.25, 0.3) is 5.57 Å². The van der Waals surface area contributed by atoms with Crippen LogP contribution in [-0.4, -0.2) is 30.8 Å². The van der Waals surface area contributed by atoms with Crippen molar-refractivity contribution in [1.29, 1.82) is 0 Å². The number of ketones is 1. The number of nitrogens with zero attached hydrogens (tertiary/aromatic N) is 3. The molecular formula is C25H20F4N4O3. The van der Waals surface area contributed by atoms with Crippen molar-refractivity contribution in [1.82, 2.24) is 0 Å². The van der Waals surface area contributed by atoms with Crippen LogP contribution in [0.1, 0.15) is 35.6 Å². The molecule has 1 aliphatic heterocycles. The topological polar surface area (TPSA) is 92.5 Å². The molecule has 0 unspecified atom stereocenters. The number of Topliss-reactive ketones (excluding diaryl/α,β-unsaturated/α-hetero) is 1. The average Bonchev–Trinajstić information content (AvgIpc) is 3.36. The number of amides is 1. The second-order valence-electron chi connectivity index (χ2n) is 7.92. The third-order valence-corrected chi connectivity index (χ3v) is 5.36. The van der Waals surface area contributed by atoms with Crippen molar-refractivity contribution in [3.8, 4) is 0 Å². The van der Waals surface area contributed by atoms with Gasteiger partial charge < -0.3 is 10.1 Å². The smallest absolute Gasteiger partial charge is 0.416 e. The maximum Gasteiger partial charge on any atom is 0.416 e. The number of aliphatic imine (C=N–C) groups is 1. The number of allylic oxidation sites excluding steroid dienone is 4. The van der Waals surface area contributed by atoms with E-state index in [1.807, 2.05) is 0 Å². The molecule has 2 aromatic carbocycles. The van der Waals surface area contributed by atoms with Gasteiger partial charge in [0.2, 0.25) is 11.7 Å². The monoisotopic (exact) mass is 500 g/mol. The Morgan fingerprint density at radius 1 is 1.14 bits per heavy atom. The molecule has 2 aliphatic rings. The fourth-order valence-electron chi connectivity index (χ4n) is 3.68. The number of hydrogen-bond donors (Lipinski definition) is 1. The Hall–Kier alpha value is -4.15. The highest BCUT2D eigenvalue weighted by Crippen LogP contribution is 2.33. The minimum Gasteiger partial charge on any atom is -0.490 e. The summed E-state index contributed by atoms with van der Waals surface area (Å²) in [4.78, 5) is 28.4. The number of benzene rings is 2. The fraction of sp³-hybridized carbons (Fsp3) is 0.240. The molecule has 1 amide bonds. The Morgan fingerprint density at radius 2 is 1.94 bits per heavy atom. The molecule has 1 heterocycles. The first kappa shape index (κ1) is 25.0. The van der Waals surface area contributed by atoms with E-state index in [4.69, 9.17) is 4.74 Å². The van der Waals surface area contributed by atoms with Gasteiger partial charge in [0.05, 0.1) is 18.6 Å². The molecule has 0 fully saturated rings. The zero-order chi connectivity index (χ0) is 25.9. The molecule has 7 nitrogen and oxygen atoms in total. The van der Waals surface area contributed by atoms with E-state index in [0.717, 1.165) is 12.1 Å². The van der Waals surface area contributed by atoms with Gasteiger partial charge in [0.1, 0.15) is 5.82 Å². The van der Waals surface area contributed by atoms with E-state index in [9.17, 15) is 27.2 Å². The van der Waals surface area contributed by atoms with Crippen LogP contribution in [0.4, 0.5) is 23.2 Å². The minimum absolute atomic E-state index is 0.0124. The number of amidine groups is 1. The maximum atomic E-state index is 14.8. The Labute approximate surface area is 203 Å². The lowest BCUT2D eigenvalue weighted by molar-refractivity contribution is -0.137.